The molecule has 4 fully saturated rings. The van der Waals surface area contributed by atoms with E-state index in [9.17, 15) is 31.5 Å². The second-order valence-electron chi connectivity index (χ2n) is 11.0. The molecular weight excluding hydrogens is 435 g/mol. The first kappa shape index (κ1) is 25.2. The maximum Gasteiger partial charge on any atom is 0.397 e. The van der Waals surface area contributed by atoms with Gasteiger partial charge >= 0.3 is 18.1 Å². The van der Waals surface area contributed by atoms with Crippen molar-refractivity contribution < 1.29 is 41.0 Å². The Balaban J connectivity index is 1.70. The van der Waals surface area contributed by atoms with E-state index in [1.807, 2.05) is 6.92 Å². The maximum atomic E-state index is 13.4. The zero-order valence-electron chi connectivity index (χ0n) is 19.1. The third kappa shape index (κ3) is 4.91. The van der Waals surface area contributed by atoms with Crippen LogP contribution in [0.3, 0.4) is 0 Å². The van der Waals surface area contributed by atoms with E-state index in [0.717, 1.165) is 6.42 Å². The van der Waals surface area contributed by atoms with Gasteiger partial charge in [0.2, 0.25) is 0 Å². The number of hydrogen-bond acceptors (Lipinski definition) is 4. The lowest BCUT2D eigenvalue weighted by Crippen LogP contribution is -2.60. The van der Waals surface area contributed by atoms with E-state index >= 15 is 0 Å². The molecule has 0 saturated heterocycles. The van der Waals surface area contributed by atoms with Gasteiger partial charge in [-0.25, -0.2) is 8.78 Å². The first-order valence-corrected chi connectivity index (χ1v) is 11.4. The van der Waals surface area contributed by atoms with Crippen molar-refractivity contribution in [2.45, 2.75) is 96.8 Å². The molecule has 4 bridgehead atoms. The van der Waals surface area contributed by atoms with Gasteiger partial charge in [0.25, 0.3) is 5.92 Å². The van der Waals surface area contributed by atoms with Gasteiger partial charge in [0.1, 0.15) is 11.5 Å². The molecule has 0 aromatic heterocycles. The van der Waals surface area contributed by atoms with Crippen molar-refractivity contribution in [3.05, 3.63) is 0 Å². The summed E-state index contributed by atoms with van der Waals surface area (Å²) in [6.45, 7) is 5.01. The average molecular weight is 469 g/mol. The Morgan fingerprint density at radius 2 is 1.56 bits per heavy atom. The van der Waals surface area contributed by atoms with E-state index in [1.165, 1.54) is 0 Å². The van der Waals surface area contributed by atoms with Crippen LogP contribution in [0.5, 0.6) is 0 Å². The SMILES string of the molecule is CCC(C)(C)C(=O)OC12CC3CC(C1)CC(C(=O)OCCC(C(C)(F)F)C(F)(F)F)(C3)C2. The van der Waals surface area contributed by atoms with Crippen molar-refractivity contribution in [3.8, 4) is 0 Å². The molecule has 184 valence electrons. The molecule has 0 N–H and O–H groups in total. The lowest BCUT2D eigenvalue weighted by atomic mass is 9.48. The van der Waals surface area contributed by atoms with Gasteiger partial charge in [-0.1, -0.05) is 6.92 Å². The van der Waals surface area contributed by atoms with Gasteiger partial charge in [-0.05, 0) is 77.6 Å². The minimum atomic E-state index is -5.09. The molecule has 3 unspecified atom stereocenters. The van der Waals surface area contributed by atoms with Crippen LogP contribution in [0.2, 0.25) is 0 Å². The minimum absolute atomic E-state index is 0.171. The molecule has 0 aliphatic heterocycles. The van der Waals surface area contributed by atoms with Crippen molar-refractivity contribution in [2.75, 3.05) is 6.61 Å². The van der Waals surface area contributed by atoms with Crippen LogP contribution < -0.4 is 0 Å². The second kappa shape index (κ2) is 8.12. The first-order chi connectivity index (χ1) is 14.5. The number of halogens is 5. The molecule has 3 atom stereocenters. The van der Waals surface area contributed by atoms with Gasteiger partial charge in [-0.15, -0.1) is 0 Å². The molecule has 4 rings (SSSR count). The van der Waals surface area contributed by atoms with E-state index in [2.05, 4.69) is 0 Å². The van der Waals surface area contributed by atoms with Crippen LogP contribution in [-0.4, -0.2) is 36.2 Å². The molecule has 0 radical (unpaired) electrons. The summed E-state index contributed by atoms with van der Waals surface area (Å²) in [5, 5.41) is 0. The number of alkyl halides is 5. The van der Waals surface area contributed by atoms with Crippen LogP contribution in [-0.2, 0) is 19.1 Å². The summed E-state index contributed by atoms with van der Waals surface area (Å²) in [6.07, 6.45) is -1.87. The summed E-state index contributed by atoms with van der Waals surface area (Å²) >= 11 is 0. The highest BCUT2D eigenvalue weighted by molar-refractivity contribution is 5.79. The summed E-state index contributed by atoms with van der Waals surface area (Å²) in [5.41, 5.74) is -2.35. The van der Waals surface area contributed by atoms with Gasteiger partial charge in [-0.2, -0.15) is 13.2 Å². The third-order valence-corrected chi connectivity index (χ3v) is 7.83. The summed E-state index contributed by atoms with van der Waals surface area (Å²) in [7, 11) is 0. The Morgan fingerprint density at radius 1 is 1.00 bits per heavy atom. The monoisotopic (exact) mass is 468 g/mol. The summed E-state index contributed by atoms with van der Waals surface area (Å²) in [6, 6.07) is 0. The number of carbonyl (C=O) groups excluding carboxylic acids is 2. The summed E-state index contributed by atoms with van der Waals surface area (Å²) in [4.78, 5) is 25.8. The van der Waals surface area contributed by atoms with Crippen LogP contribution in [0, 0.1) is 28.6 Å². The third-order valence-electron chi connectivity index (χ3n) is 7.83. The largest absolute Gasteiger partial charge is 0.465 e. The molecule has 0 aromatic carbocycles. The van der Waals surface area contributed by atoms with Gasteiger partial charge in [0.05, 0.1) is 17.4 Å². The smallest absolute Gasteiger partial charge is 0.397 e. The highest BCUT2D eigenvalue weighted by Gasteiger charge is 2.63. The normalized spacial score (nSPS) is 33.2. The number of ether oxygens (including phenoxy) is 2. The molecule has 0 amide bonds. The van der Waals surface area contributed by atoms with Gasteiger partial charge in [0.15, 0.2) is 0 Å². The Hall–Kier alpha value is -1.41. The van der Waals surface area contributed by atoms with Crippen LogP contribution >= 0.6 is 0 Å². The summed E-state index contributed by atoms with van der Waals surface area (Å²) in [5.74, 6) is -7.46. The van der Waals surface area contributed by atoms with Crippen LogP contribution in [0.4, 0.5) is 22.0 Å². The van der Waals surface area contributed by atoms with Crippen LogP contribution in [0.1, 0.15) is 79.1 Å². The Bertz CT molecular complexity index is 712. The van der Waals surface area contributed by atoms with Crippen molar-refractivity contribution in [1.29, 1.82) is 0 Å². The van der Waals surface area contributed by atoms with Gasteiger partial charge < -0.3 is 9.47 Å². The zero-order chi connectivity index (χ0) is 24.2. The quantitative estimate of drug-likeness (QED) is 0.320. The molecule has 32 heavy (non-hydrogen) atoms. The summed E-state index contributed by atoms with van der Waals surface area (Å²) < 4.78 is 77.0. The molecule has 4 saturated carbocycles. The zero-order valence-corrected chi connectivity index (χ0v) is 19.1. The fourth-order valence-electron chi connectivity index (χ4n) is 6.14. The predicted molar refractivity (Wildman–Crippen MR) is 106 cm³/mol. The minimum Gasteiger partial charge on any atom is -0.465 e. The number of carbonyl (C=O) groups is 2. The fourth-order valence-corrected chi connectivity index (χ4v) is 6.14. The van der Waals surface area contributed by atoms with E-state index in [-0.39, 0.29) is 31.1 Å². The molecule has 4 nitrogen and oxygen atoms in total. The van der Waals surface area contributed by atoms with Gasteiger partial charge in [0, 0.05) is 6.42 Å². The van der Waals surface area contributed by atoms with Crippen LogP contribution in [0.25, 0.3) is 0 Å². The van der Waals surface area contributed by atoms with E-state index in [0.29, 0.717) is 32.1 Å². The van der Waals surface area contributed by atoms with Crippen LogP contribution in [0.15, 0.2) is 0 Å². The standard InChI is InChI=1S/C23H33F5O4/c1-5-19(2,3)17(29)32-22-11-14-8-15(12-22)10-21(9-14,13-22)18(30)31-7-6-16(20(4,24)25)23(26,27)28/h14-16H,5-13H2,1-4H3. The maximum absolute atomic E-state index is 13.4. The number of hydrogen-bond donors (Lipinski definition) is 0. The average Bonchev–Trinajstić information content (AvgIpc) is 2.61. The number of esters is 2. The molecule has 0 heterocycles. The highest BCUT2D eigenvalue weighted by atomic mass is 19.4. The molecule has 0 spiro atoms. The highest BCUT2D eigenvalue weighted by Crippen LogP contribution is 2.63. The Kier molecular flexibility index (Phi) is 6.40. The van der Waals surface area contributed by atoms with Crippen molar-refractivity contribution in [2.24, 2.45) is 28.6 Å². The number of rotatable bonds is 8. The van der Waals surface area contributed by atoms with Crippen molar-refractivity contribution in [1.82, 2.24) is 0 Å². The molecule has 4 aliphatic carbocycles. The molecule has 4 aliphatic rings. The molecule has 0 aromatic rings. The lowest BCUT2D eigenvalue weighted by molar-refractivity contribution is -0.240. The Labute approximate surface area is 185 Å². The fraction of sp³-hybridized carbons (Fsp3) is 0.913. The Morgan fingerprint density at radius 3 is 2.03 bits per heavy atom. The first-order valence-electron chi connectivity index (χ1n) is 11.4. The predicted octanol–water partition coefficient (Wildman–Crippen LogP) is 6.07. The van der Waals surface area contributed by atoms with E-state index in [1.54, 1.807) is 13.8 Å². The lowest BCUT2D eigenvalue weighted by Gasteiger charge is -2.60. The molecule has 9 heteroatoms. The molecular formula is C23H33F5O4. The van der Waals surface area contributed by atoms with E-state index in [4.69, 9.17) is 9.47 Å². The van der Waals surface area contributed by atoms with Crippen molar-refractivity contribution >= 4 is 11.9 Å². The topological polar surface area (TPSA) is 52.6 Å². The second-order valence-corrected chi connectivity index (χ2v) is 11.0. The van der Waals surface area contributed by atoms with Gasteiger partial charge in [-0.3, -0.25) is 9.59 Å². The van der Waals surface area contributed by atoms with Crippen molar-refractivity contribution in [3.63, 3.8) is 0 Å². The van der Waals surface area contributed by atoms with E-state index < -0.39 is 53.4 Å².